The summed E-state index contributed by atoms with van der Waals surface area (Å²) < 4.78 is 25.5. The molecule has 0 N–H and O–H groups in total. The van der Waals surface area contributed by atoms with Gasteiger partial charge in [0.2, 0.25) is 15.9 Å². The smallest absolute Gasteiger partial charge is 0.232 e. The molecule has 1 aromatic heterocycles. The first-order valence-electron chi connectivity index (χ1n) is 7.94. The van der Waals surface area contributed by atoms with Crippen molar-refractivity contribution in [2.75, 3.05) is 24.7 Å². The van der Waals surface area contributed by atoms with E-state index in [-0.39, 0.29) is 11.9 Å². The van der Waals surface area contributed by atoms with Crippen molar-refractivity contribution in [3.63, 3.8) is 0 Å². The monoisotopic (exact) mass is 379 g/mol. The molecule has 3 rings (SSSR count). The van der Waals surface area contributed by atoms with E-state index in [1.54, 1.807) is 19.0 Å². The molecule has 0 saturated heterocycles. The van der Waals surface area contributed by atoms with E-state index in [1.807, 2.05) is 30.5 Å². The number of amides is 1. The Morgan fingerprint density at radius 1 is 1.40 bits per heavy atom. The average Bonchev–Trinajstić information content (AvgIpc) is 3.08. The van der Waals surface area contributed by atoms with Gasteiger partial charge in [-0.05, 0) is 31.0 Å². The predicted octanol–water partition coefficient (Wildman–Crippen LogP) is 2.15. The summed E-state index contributed by atoms with van der Waals surface area (Å²) in [6, 6.07) is 5.66. The van der Waals surface area contributed by atoms with Crippen LogP contribution < -0.4 is 4.31 Å². The molecule has 25 heavy (non-hydrogen) atoms. The number of anilines is 1. The van der Waals surface area contributed by atoms with E-state index in [0.717, 1.165) is 27.5 Å². The van der Waals surface area contributed by atoms with Gasteiger partial charge in [0.25, 0.3) is 0 Å². The number of nitrogens with zero attached hydrogens (tertiary/aromatic N) is 3. The number of hydrogen-bond donors (Lipinski definition) is 0. The molecule has 6 nitrogen and oxygen atoms in total. The van der Waals surface area contributed by atoms with Crippen LogP contribution in [0.15, 0.2) is 23.6 Å². The lowest BCUT2D eigenvalue weighted by Crippen LogP contribution is -2.34. The van der Waals surface area contributed by atoms with E-state index in [9.17, 15) is 13.2 Å². The molecule has 0 saturated carbocycles. The van der Waals surface area contributed by atoms with E-state index in [4.69, 9.17) is 0 Å². The summed E-state index contributed by atoms with van der Waals surface area (Å²) in [5.74, 6) is 0.0208. The second kappa shape index (κ2) is 6.42. The van der Waals surface area contributed by atoms with Crippen molar-refractivity contribution in [1.29, 1.82) is 0 Å². The molecule has 1 atom stereocenters. The Morgan fingerprint density at radius 3 is 2.76 bits per heavy atom. The first-order chi connectivity index (χ1) is 11.7. The summed E-state index contributed by atoms with van der Waals surface area (Å²) in [6.07, 6.45) is 2.22. The molecule has 134 valence electrons. The van der Waals surface area contributed by atoms with E-state index < -0.39 is 10.0 Å². The zero-order valence-corrected chi connectivity index (χ0v) is 16.3. The molecule has 8 heteroatoms. The van der Waals surface area contributed by atoms with Crippen LogP contribution in [0.1, 0.15) is 17.5 Å². The third-order valence-corrected chi connectivity index (χ3v) is 6.36. The number of thiazole rings is 1. The molecular weight excluding hydrogens is 358 g/mol. The molecule has 1 aliphatic heterocycles. The number of fused-ring (bicyclic) bond motifs is 1. The lowest BCUT2D eigenvalue weighted by molar-refractivity contribution is -0.127. The van der Waals surface area contributed by atoms with Gasteiger partial charge in [0, 0.05) is 31.1 Å². The highest BCUT2D eigenvalue weighted by Crippen LogP contribution is 2.37. The highest BCUT2D eigenvalue weighted by molar-refractivity contribution is 7.92. The topological polar surface area (TPSA) is 70.6 Å². The first-order valence-corrected chi connectivity index (χ1v) is 10.7. The Kier molecular flexibility index (Phi) is 4.59. The highest BCUT2D eigenvalue weighted by Gasteiger charge is 2.32. The van der Waals surface area contributed by atoms with Crippen molar-refractivity contribution in [3.8, 4) is 11.3 Å². The molecule has 0 fully saturated rings. The zero-order valence-electron chi connectivity index (χ0n) is 14.7. The number of likely N-dealkylation sites (N-methyl/N-ethyl adjacent to an activating group) is 1. The van der Waals surface area contributed by atoms with Crippen molar-refractivity contribution in [1.82, 2.24) is 9.88 Å². The van der Waals surface area contributed by atoms with Crippen LogP contribution in [-0.2, 0) is 27.7 Å². The van der Waals surface area contributed by atoms with Gasteiger partial charge in [0.1, 0.15) is 5.01 Å². The number of rotatable bonds is 4. The summed E-state index contributed by atoms with van der Waals surface area (Å²) in [7, 11) is 0.174. The Hall–Kier alpha value is -1.93. The minimum atomic E-state index is -3.28. The molecule has 1 aliphatic rings. The van der Waals surface area contributed by atoms with Crippen LogP contribution in [-0.4, -0.2) is 50.6 Å². The van der Waals surface area contributed by atoms with Crippen LogP contribution >= 0.6 is 11.3 Å². The van der Waals surface area contributed by atoms with Gasteiger partial charge in [0.15, 0.2) is 0 Å². The number of hydrogen-bond acceptors (Lipinski definition) is 5. The molecule has 2 heterocycles. The Labute approximate surface area is 152 Å². The lowest BCUT2D eigenvalue weighted by atomic mass is 10.1. The Balaban J connectivity index is 1.88. The van der Waals surface area contributed by atoms with Crippen molar-refractivity contribution in [3.05, 3.63) is 34.2 Å². The van der Waals surface area contributed by atoms with Gasteiger partial charge in [0.05, 0.1) is 24.1 Å². The van der Waals surface area contributed by atoms with E-state index in [1.165, 1.54) is 21.9 Å². The molecule has 1 aromatic carbocycles. The zero-order chi connectivity index (χ0) is 18.4. The van der Waals surface area contributed by atoms with Crippen molar-refractivity contribution in [2.24, 2.45) is 0 Å². The molecule has 0 spiro atoms. The fraction of sp³-hybridized carbons (Fsp3) is 0.412. The summed E-state index contributed by atoms with van der Waals surface area (Å²) in [4.78, 5) is 17.9. The van der Waals surface area contributed by atoms with Gasteiger partial charge >= 0.3 is 0 Å². The predicted molar refractivity (Wildman–Crippen MR) is 100 cm³/mol. The van der Waals surface area contributed by atoms with Gasteiger partial charge in [-0.15, -0.1) is 11.3 Å². The second-order valence-corrected chi connectivity index (χ2v) is 9.35. The maximum absolute atomic E-state index is 12.0. The lowest BCUT2D eigenvalue weighted by Gasteiger charge is -2.21. The van der Waals surface area contributed by atoms with Gasteiger partial charge in [-0.2, -0.15) is 0 Å². The summed E-state index contributed by atoms with van der Waals surface area (Å²) in [5.41, 5.74) is 3.52. The minimum Gasteiger partial charge on any atom is -0.348 e. The average molecular weight is 380 g/mol. The van der Waals surface area contributed by atoms with Crippen molar-refractivity contribution in [2.45, 2.75) is 25.8 Å². The Bertz CT molecular complexity index is 919. The second-order valence-electron chi connectivity index (χ2n) is 6.55. The van der Waals surface area contributed by atoms with Crippen LogP contribution in [0.3, 0.4) is 0 Å². The fourth-order valence-corrected chi connectivity index (χ4v) is 5.14. The maximum Gasteiger partial charge on any atom is 0.232 e. The van der Waals surface area contributed by atoms with Crippen LogP contribution in [0.25, 0.3) is 11.3 Å². The first kappa shape index (κ1) is 17.9. The third kappa shape index (κ3) is 3.55. The molecule has 2 aromatic rings. The van der Waals surface area contributed by atoms with E-state index >= 15 is 0 Å². The number of aromatic nitrogens is 1. The summed E-state index contributed by atoms with van der Waals surface area (Å²) >= 11 is 1.46. The fourth-order valence-electron chi connectivity index (χ4n) is 3.08. The van der Waals surface area contributed by atoms with Crippen LogP contribution in [0.4, 0.5) is 5.69 Å². The van der Waals surface area contributed by atoms with E-state index in [0.29, 0.717) is 12.8 Å². The standard InChI is InChI=1S/C17H21N3O3S2/c1-11-7-13-8-12(5-6-15(13)20(11)25(4,22)23)14-10-24-16(18-14)9-17(21)19(2)3/h5-6,8,10-11H,7,9H2,1-4H3/t11-/m0/s1. The number of benzene rings is 1. The van der Waals surface area contributed by atoms with Gasteiger partial charge in [-0.25, -0.2) is 13.4 Å². The van der Waals surface area contributed by atoms with Gasteiger partial charge in [-0.1, -0.05) is 6.07 Å². The maximum atomic E-state index is 12.0. The summed E-state index contributed by atoms with van der Waals surface area (Å²) in [6.45, 7) is 1.91. The third-order valence-electron chi connectivity index (χ3n) is 4.24. The normalized spacial score (nSPS) is 16.8. The minimum absolute atomic E-state index is 0.0208. The molecule has 0 radical (unpaired) electrons. The molecule has 0 aliphatic carbocycles. The molecule has 1 amide bonds. The summed E-state index contributed by atoms with van der Waals surface area (Å²) in [5, 5.41) is 2.72. The quantitative estimate of drug-likeness (QED) is 0.816. The number of carbonyl (C=O) groups excluding carboxylic acids is 1. The largest absolute Gasteiger partial charge is 0.348 e. The van der Waals surface area contributed by atoms with Crippen molar-refractivity contribution < 1.29 is 13.2 Å². The van der Waals surface area contributed by atoms with Crippen LogP contribution in [0.2, 0.25) is 0 Å². The van der Waals surface area contributed by atoms with Crippen LogP contribution in [0, 0.1) is 0 Å². The number of carbonyl (C=O) groups is 1. The van der Waals surface area contributed by atoms with Gasteiger partial charge < -0.3 is 4.90 Å². The SMILES string of the molecule is C[C@H]1Cc2cc(-c3csc(CC(=O)N(C)C)n3)ccc2N1S(C)(=O)=O. The molecule has 0 unspecified atom stereocenters. The highest BCUT2D eigenvalue weighted by atomic mass is 32.2. The molecular formula is C17H21N3O3S2. The molecule has 0 bridgehead atoms. The van der Waals surface area contributed by atoms with E-state index in [2.05, 4.69) is 4.98 Å². The Morgan fingerprint density at radius 2 is 2.12 bits per heavy atom. The van der Waals surface area contributed by atoms with Crippen LogP contribution in [0.5, 0.6) is 0 Å². The van der Waals surface area contributed by atoms with Crippen molar-refractivity contribution >= 4 is 33.0 Å². The van der Waals surface area contributed by atoms with Gasteiger partial charge in [-0.3, -0.25) is 9.10 Å². The number of sulfonamides is 1.